The molecular weight excluding hydrogens is 342 g/mol. The van der Waals surface area contributed by atoms with Crippen LogP contribution in [0.3, 0.4) is 0 Å². The van der Waals surface area contributed by atoms with E-state index in [1.54, 1.807) is 0 Å². The minimum absolute atomic E-state index is 0.0185. The lowest BCUT2D eigenvalue weighted by Crippen LogP contribution is -2.51. The minimum atomic E-state index is -2.96. The lowest BCUT2D eigenvalue weighted by Gasteiger charge is -2.55. The molecule has 1 aromatic rings. The molecule has 4 saturated carbocycles. The summed E-state index contributed by atoms with van der Waals surface area (Å²) in [7, 11) is 0. The van der Waals surface area contributed by atoms with E-state index in [0.717, 1.165) is 19.3 Å². The van der Waals surface area contributed by atoms with E-state index in [1.165, 1.54) is 43.5 Å². The zero-order chi connectivity index (χ0) is 18.3. The Hall–Kier alpha value is -1.98. The predicted octanol–water partition coefficient (Wildman–Crippen LogP) is 4.23. The molecule has 26 heavy (non-hydrogen) atoms. The molecule has 0 spiro atoms. The third kappa shape index (κ3) is 3.33. The number of esters is 1. The van der Waals surface area contributed by atoms with Gasteiger partial charge in [-0.2, -0.15) is 8.78 Å². The van der Waals surface area contributed by atoms with Crippen molar-refractivity contribution in [3.05, 3.63) is 29.8 Å². The molecule has 4 nitrogen and oxygen atoms in total. The summed E-state index contributed by atoms with van der Waals surface area (Å²) in [5.41, 5.74) is -0.211. The Balaban J connectivity index is 1.38. The first kappa shape index (κ1) is 17.4. The molecule has 0 N–H and O–H groups in total. The van der Waals surface area contributed by atoms with Crippen molar-refractivity contribution in [3.8, 4) is 5.75 Å². The minimum Gasteiger partial charge on any atom is -0.454 e. The second kappa shape index (κ2) is 6.63. The normalized spacial score (nSPS) is 31.9. The lowest BCUT2D eigenvalue weighted by molar-refractivity contribution is -0.147. The van der Waals surface area contributed by atoms with E-state index in [4.69, 9.17) is 4.74 Å². The summed E-state index contributed by atoms with van der Waals surface area (Å²) in [4.78, 5) is 25.0. The Labute approximate surface area is 150 Å². The number of carbonyl (C=O) groups excluding carboxylic acids is 2. The number of rotatable bonds is 6. The fourth-order valence-electron chi connectivity index (χ4n) is 5.62. The van der Waals surface area contributed by atoms with E-state index in [0.29, 0.717) is 17.8 Å². The largest absolute Gasteiger partial charge is 0.454 e. The van der Waals surface area contributed by atoms with E-state index in [9.17, 15) is 18.4 Å². The van der Waals surface area contributed by atoms with Crippen LogP contribution in [0, 0.1) is 23.2 Å². The maximum absolute atomic E-state index is 12.8. The molecule has 4 aliphatic carbocycles. The van der Waals surface area contributed by atoms with Gasteiger partial charge in [-0.1, -0.05) is 6.07 Å². The van der Waals surface area contributed by atoms with Gasteiger partial charge in [0.1, 0.15) is 5.75 Å². The molecule has 6 heteroatoms. The lowest BCUT2D eigenvalue weighted by atomic mass is 9.48. The summed E-state index contributed by atoms with van der Waals surface area (Å²) in [6, 6.07) is 5.43. The van der Waals surface area contributed by atoms with Crippen molar-refractivity contribution >= 4 is 11.8 Å². The van der Waals surface area contributed by atoms with E-state index >= 15 is 0 Å². The Morgan fingerprint density at radius 2 is 1.69 bits per heavy atom. The summed E-state index contributed by atoms with van der Waals surface area (Å²) in [5, 5.41) is 0. The van der Waals surface area contributed by atoms with Gasteiger partial charge in [-0.25, -0.2) is 4.79 Å². The van der Waals surface area contributed by atoms with Gasteiger partial charge < -0.3 is 9.47 Å². The molecule has 0 heterocycles. The van der Waals surface area contributed by atoms with E-state index in [-0.39, 0.29) is 29.1 Å². The van der Waals surface area contributed by atoms with Gasteiger partial charge in [-0.15, -0.1) is 0 Å². The van der Waals surface area contributed by atoms with Crippen LogP contribution >= 0.6 is 0 Å². The molecule has 0 atom stereocenters. The highest BCUT2D eigenvalue weighted by Crippen LogP contribution is 2.60. The van der Waals surface area contributed by atoms with Crippen LogP contribution in [0.2, 0.25) is 0 Å². The van der Waals surface area contributed by atoms with Crippen molar-refractivity contribution in [2.24, 2.45) is 23.2 Å². The summed E-state index contributed by atoms with van der Waals surface area (Å²) in [6.45, 7) is -3.20. The average molecular weight is 364 g/mol. The zero-order valence-corrected chi connectivity index (χ0v) is 14.5. The maximum atomic E-state index is 12.8. The van der Waals surface area contributed by atoms with Gasteiger partial charge in [-0.3, -0.25) is 4.79 Å². The summed E-state index contributed by atoms with van der Waals surface area (Å²) < 4.78 is 34.1. The third-order valence-electron chi connectivity index (χ3n) is 6.26. The maximum Gasteiger partial charge on any atom is 0.387 e. The Morgan fingerprint density at radius 1 is 1.08 bits per heavy atom. The molecule has 0 saturated heterocycles. The van der Waals surface area contributed by atoms with Crippen LogP contribution in [0.25, 0.3) is 0 Å². The number of Topliss-reactive ketones (excluding diaryl/α,β-unsaturated/α-hetero) is 1. The zero-order valence-electron chi connectivity index (χ0n) is 14.5. The molecule has 0 unspecified atom stereocenters. The molecule has 4 bridgehead atoms. The van der Waals surface area contributed by atoms with E-state index in [1.807, 2.05) is 0 Å². The van der Waals surface area contributed by atoms with Gasteiger partial charge in [-0.05, 0) is 74.5 Å². The van der Waals surface area contributed by atoms with Gasteiger partial charge in [0.25, 0.3) is 0 Å². The van der Waals surface area contributed by atoms with Gasteiger partial charge in [0.05, 0.1) is 5.56 Å². The first-order valence-electron chi connectivity index (χ1n) is 9.19. The molecule has 4 aliphatic rings. The summed E-state index contributed by atoms with van der Waals surface area (Å²) >= 11 is 0. The highest BCUT2D eigenvalue weighted by molar-refractivity contribution is 5.93. The number of halogens is 2. The smallest absolute Gasteiger partial charge is 0.387 e. The van der Waals surface area contributed by atoms with Crippen LogP contribution < -0.4 is 4.74 Å². The monoisotopic (exact) mass is 364 g/mol. The summed E-state index contributed by atoms with van der Waals surface area (Å²) in [5.74, 6) is 1.15. The van der Waals surface area contributed by atoms with Crippen molar-refractivity contribution in [2.75, 3.05) is 6.61 Å². The van der Waals surface area contributed by atoms with E-state index < -0.39 is 12.6 Å². The van der Waals surface area contributed by atoms with Crippen LogP contribution in [0.1, 0.15) is 48.9 Å². The van der Waals surface area contributed by atoms with Crippen molar-refractivity contribution < 1.29 is 27.8 Å². The second-order valence-electron chi connectivity index (χ2n) is 8.10. The quantitative estimate of drug-likeness (QED) is 0.709. The van der Waals surface area contributed by atoms with E-state index in [2.05, 4.69) is 4.74 Å². The van der Waals surface area contributed by atoms with Crippen molar-refractivity contribution in [3.63, 3.8) is 0 Å². The van der Waals surface area contributed by atoms with Gasteiger partial charge in [0, 0.05) is 5.41 Å². The number of ketones is 1. The predicted molar refractivity (Wildman–Crippen MR) is 89.0 cm³/mol. The Bertz CT molecular complexity index is 680. The number of alkyl halides is 2. The van der Waals surface area contributed by atoms with Crippen LogP contribution in [-0.4, -0.2) is 25.0 Å². The van der Waals surface area contributed by atoms with Crippen molar-refractivity contribution in [1.29, 1.82) is 0 Å². The number of hydrogen-bond acceptors (Lipinski definition) is 4. The average Bonchev–Trinajstić information content (AvgIpc) is 2.57. The fraction of sp³-hybridized carbons (Fsp3) is 0.600. The molecule has 4 fully saturated rings. The fourth-order valence-corrected chi connectivity index (χ4v) is 5.62. The van der Waals surface area contributed by atoms with Crippen LogP contribution in [0.15, 0.2) is 24.3 Å². The topological polar surface area (TPSA) is 52.6 Å². The van der Waals surface area contributed by atoms with Crippen LogP contribution in [0.5, 0.6) is 5.75 Å². The molecule has 0 amide bonds. The highest BCUT2D eigenvalue weighted by atomic mass is 19.3. The molecule has 5 rings (SSSR count). The number of hydrogen-bond donors (Lipinski definition) is 0. The number of ether oxygens (including phenoxy) is 2. The molecule has 0 aliphatic heterocycles. The third-order valence-corrected chi connectivity index (χ3v) is 6.26. The Kier molecular flexibility index (Phi) is 4.45. The molecule has 0 radical (unpaired) electrons. The van der Waals surface area contributed by atoms with Crippen molar-refractivity contribution in [2.45, 2.75) is 45.1 Å². The van der Waals surface area contributed by atoms with Gasteiger partial charge in [0.15, 0.2) is 12.4 Å². The Morgan fingerprint density at radius 3 is 2.27 bits per heavy atom. The number of benzene rings is 1. The van der Waals surface area contributed by atoms with Crippen LogP contribution in [0.4, 0.5) is 8.78 Å². The molecule has 0 aromatic heterocycles. The molecule has 140 valence electrons. The first-order valence-corrected chi connectivity index (χ1v) is 9.19. The second-order valence-corrected chi connectivity index (χ2v) is 8.10. The van der Waals surface area contributed by atoms with Gasteiger partial charge >= 0.3 is 12.6 Å². The van der Waals surface area contributed by atoms with Gasteiger partial charge in [0.2, 0.25) is 0 Å². The first-order chi connectivity index (χ1) is 12.4. The highest BCUT2D eigenvalue weighted by Gasteiger charge is 2.54. The van der Waals surface area contributed by atoms with Crippen molar-refractivity contribution in [1.82, 2.24) is 0 Å². The molecular formula is C20H22F2O4. The number of carbonyl (C=O) groups is 2. The standard InChI is InChI=1S/C20H22F2O4/c21-19(22)26-16-3-1-2-15(7-16)18(24)25-11-17(23)20-8-12-4-13(9-20)6-14(5-12)10-20/h1-3,7,12-14,19H,4-6,8-11H2. The summed E-state index contributed by atoms with van der Waals surface area (Å²) in [6.07, 6.45) is 6.49. The SMILES string of the molecule is O=C(OCC(=O)C12CC3CC(CC(C3)C1)C2)c1cccc(OC(F)F)c1. The molecule has 1 aromatic carbocycles. The van der Waals surface area contributed by atoms with Crippen LogP contribution in [-0.2, 0) is 9.53 Å².